The molecule has 2 aliphatic heterocycles. The van der Waals surface area contributed by atoms with Gasteiger partial charge in [0, 0.05) is 45.1 Å². The first-order valence-electron chi connectivity index (χ1n) is 11.7. The number of rotatable bonds is 9. The van der Waals surface area contributed by atoms with Gasteiger partial charge in [0.1, 0.15) is 18.0 Å². The van der Waals surface area contributed by atoms with Crippen molar-refractivity contribution in [1.82, 2.24) is 14.8 Å². The van der Waals surface area contributed by atoms with Crippen molar-refractivity contribution >= 4 is 28.9 Å². The van der Waals surface area contributed by atoms with Crippen LogP contribution < -0.4 is 9.47 Å². The maximum atomic E-state index is 13.6. The van der Waals surface area contributed by atoms with Gasteiger partial charge in [-0.1, -0.05) is 6.07 Å². The minimum absolute atomic E-state index is 0.0380. The number of morpholine rings is 1. The molecule has 0 saturated carbocycles. The van der Waals surface area contributed by atoms with Gasteiger partial charge < -0.3 is 19.1 Å². The number of hydrogen-bond acceptors (Lipinski definition) is 8. The number of carbonyl (C=O) groups is 2. The lowest BCUT2D eigenvalue weighted by Crippen LogP contribution is -2.46. The summed E-state index contributed by atoms with van der Waals surface area (Å²) in [4.78, 5) is 30.8. The SMILES string of the molecule is COc1ccc(OC)c([C@H]2CC(c3cccs3)=NN2C(=O)CN(CCN2CCOCC2)C(C)=O)c1. The summed E-state index contributed by atoms with van der Waals surface area (Å²) in [6.07, 6.45) is 0.545. The van der Waals surface area contributed by atoms with E-state index in [9.17, 15) is 9.59 Å². The zero-order chi connectivity index (χ0) is 24.8. The Morgan fingerprint density at radius 3 is 2.66 bits per heavy atom. The summed E-state index contributed by atoms with van der Waals surface area (Å²) in [6.45, 7) is 5.68. The van der Waals surface area contributed by atoms with Gasteiger partial charge in [-0.3, -0.25) is 14.5 Å². The molecule has 4 rings (SSSR count). The molecule has 0 spiro atoms. The molecule has 0 N–H and O–H groups in total. The van der Waals surface area contributed by atoms with Crippen LogP contribution in [0.3, 0.4) is 0 Å². The highest BCUT2D eigenvalue weighted by atomic mass is 32.1. The van der Waals surface area contributed by atoms with Crippen LogP contribution in [0.15, 0.2) is 40.8 Å². The zero-order valence-corrected chi connectivity index (χ0v) is 21.3. The van der Waals surface area contributed by atoms with Crippen LogP contribution in [0.1, 0.15) is 29.8 Å². The van der Waals surface area contributed by atoms with E-state index in [2.05, 4.69) is 4.90 Å². The van der Waals surface area contributed by atoms with Crippen LogP contribution in [0.4, 0.5) is 0 Å². The van der Waals surface area contributed by atoms with Crippen LogP contribution >= 0.6 is 11.3 Å². The molecule has 1 saturated heterocycles. The van der Waals surface area contributed by atoms with E-state index in [-0.39, 0.29) is 24.4 Å². The van der Waals surface area contributed by atoms with Gasteiger partial charge in [-0.15, -0.1) is 11.3 Å². The monoisotopic (exact) mass is 500 g/mol. The van der Waals surface area contributed by atoms with Crippen LogP contribution in [0.25, 0.3) is 0 Å². The molecule has 0 aliphatic carbocycles. The van der Waals surface area contributed by atoms with Gasteiger partial charge in [0.25, 0.3) is 5.91 Å². The molecule has 1 aromatic carbocycles. The molecule has 0 unspecified atom stereocenters. The van der Waals surface area contributed by atoms with Gasteiger partial charge in [0.2, 0.25) is 5.91 Å². The van der Waals surface area contributed by atoms with Crippen LogP contribution in [-0.2, 0) is 14.3 Å². The molecule has 10 heteroatoms. The Labute approximate surface area is 209 Å². The average Bonchev–Trinajstić information content (AvgIpc) is 3.57. The molecule has 1 atom stereocenters. The lowest BCUT2D eigenvalue weighted by atomic mass is 9.99. The predicted octanol–water partition coefficient (Wildman–Crippen LogP) is 2.62. The average molecular weight is 501 g/mol. The first-order valence-corrected chi connectivity index (χ1v) is 12.6. The largest absolute Gasteiger partial charge is 0.497 e. The van der Waals surface area contributed by atoms with E-state index in [4.69, 9.17) is 19.3 Å². The molecule has 35 heavy (non-hydrogen) atoms. The van der Waals surface area contributed by atoms with Crippen LogP contribution in [-0.4, -0.2) is 92.5 Å². The molecule has 188 valence electrons. The maximum Gasteiger partial charge on any atom is 0.262 e. The number of amides is 2. The first-order chi connectivity index (χ1) is 17.0. The predicted molar refractivity (Wildman–Crippen MR) is 134 cm³/mol. The normalized spacial score (nSPS) is 18.3. The summed E-state index contributed by atoms with van der Waals surface area (Å²) in [5.41, 5.74) is 1.66. The molecule has 1 fully saturated rings. The maximum absolute atomic E-state index is 13.6. The second-order valence-corrected chi connectivity index (χ2v) is 9.43. The Morgan fingerprint density at radius 2 is 2.00 bits per heavy atom. The van der Waals surface area contributed by atoms with Gasteiger partial charge in [-0.05, 0) is 29.6 Å². The van der Waals surface area contributed by atoms with E-state index in [1.54, 1.807) is 30.5 Å². The van der Waals surface area contributed by atoms with Crippen molar-refractivity contribution < 1.29 is 23.8 Å². The summed E-state index contributed by atoms with van der Waals surface area (Å²) in [7, 11) is 3.21. The number of ether oxygens (including phenoxy) is 3. The fourth-order valence-corrected chi connectivity index (χ4v) is 5.07. The van der Waals surface area contributed by atoms with E-state index < -0.39 is 0 Å². The number of hydrogen-bond donors (Lipinski definition) is 0. The van der Waals surface area contributed by atoms with Gasteiger partial charge in [-0.2, -0.15) is 5.10 Å². The quantitative estimate of drug-likeness (QED) is 0.526. The lowest BCUT2D eigenvalue weighted by molar-refractivity contribution is -0.140. The van der Waals surface area contributed by atoms with Crippen molar-refractivity contribution in [2.24, 2.45) is 5.10 Å². The molecule has 2 aliphatic rings. The van der Waals surface area contributed by atoms with Crippen molar-refractivity contribution in [3.63, 3.8) is 0 Å². The number of carbonyl (C=O) groups excluding carboxylic acids is 2. The van der Waals surface area contributed by atoms with E-state index in [0.717, 1.165) is 29.2 Å². The van der Waals surface area contributed by atoms with Crippen molar-refractivity contribution in [3.8, 4) is 11.5 Å². The van der Waals surface area contributed by atoms with Crippen LogP contribution in [0.2, 0.25) is 0 Å². The third kappa shape index (κ3) is 6.01. The number of benzene rings is 1. The van der Waals surface area contributed by atoms with Crippen LogP contribution in [0.5, 0.6) is 11.5 Å². The van der Waals surface area contributed by atoms with Gasteiger partial charge in [0.05, 0.1) is 44.1 Å². The summed E-state index contributed by atoms with van der Waals surface area (Å²) in [5, 5.41) is 8.23. The summed E-state index contributed by atoms with van der Waals surface area (Å²) in [6, 6.07) is 9.16. The molecule has 3 heterocycles. The van der Waals surface area contributed by atoms with Gasteiger partial charge >= 0.3 is 0 Å². The summed E-state index contributed by atoms with van der Waals surface area (Å²) < 4.78 is 16.4. The molecule has 2 aromatic rings. The third-order valence-corrected chi connectivity index (χ3v) is 7.25. The first kappa shape index (κ1) is 25.2. The third-order valence-electron chi connectivity index (χ3n) is 6.33. The standard InChI is InChI=1S/C25H32N4O5S/c1-18(30)28(9-8-27-10-12-34-13-11-27)17-25(31)29-22(16-21(26-29)24-5-4-14-35-24)20-15-19(32-2)6-7-23(20)33-3/h4-7,14-15,22H,8-13,16-17H2,1-3H3/t22-/m1/s1. The lowest BCUT2D eigenvalue weighted by Gasteiger charge is -2.30. The van der Waals surface area contributed by atoms with E-state index >= 15 is 0 Å². The Morgan fingerprint density at radius 1 is 1.20 bits per heavy atom. The highest BCUT2D eigenvalue weighted by molar-refractivity contribution is 7.12. The second-order valence-electron chi connectivity index (χ2n) is 8.48. The fourth-order valence-electron chi connectivity index (χ4n) is 4.34. The van der Waals surface area contributed by atoms with Gasteiger partial charge in [-0.25, -0.2) is 5.01 Å². The number of nitrogens with zero attached hydrogens (tertiary/aromatic N) is 4. The summed E-state index contributed by atoms with van der Waals surface area (Å²) >= 11 is 1.59. The van der Waals surface area contributed by atoms with E-state index in [0.29, 0.717) is 44.2 Å². The summed E-state index contributed by atoms with van der Waals surface area (Å²) in [5.74, 6) is 0.966. The highest BCUT2D eigenvalue weighted by Crippen LogP contribution is 2.39. The highest BCUT2D eigenvalue weighted by Gasteiger charge is 2.36. The minimum Gasteiger partial charge on any atom is -0.497 e. The van der Waals surface area contributed by atoms with E-state index in [1.165, 1.54) is 11.9 Å². The number of methoxy groups -OCH3 is 2. The number of thiophene rings is 1. The molecule has 0 radical (unpaired) electrons. The second kappa shape index (κ2) is 11.7. The Bertz CT molecular complexity index is 1050. The van der Waals surface area contributed by atoms with Crippen molar-refractivity contribution in [2.75, 3.05) is 60.2 Å². The van der Waals surface area contributed by atoms with Gasteiger partial charge in [0.15, 0.2) is 0 Å². The smallest absolute Gasteiger partial charge is 0.262 e. The van der Waals surface area contributed by atoms with Crippen molar-refractivity contribution in [1.29, 1.82) is 0 Å². The molecular formula is C25H32N4O5S. The molecular weight excluding hydrogens is 468 g/mol. The molecule has 0 bridgehead atoms. The molecule has 9 nitrogen and oxygen atoms in total. The Balaban J connectivity index is 1.56. The van der Waals surface area contributed by atoms with Crippen molar-refractivity contribution in [3.05, 3.63) is 46.2 Å². The fraction of sp³-hybridized carbons (Fsp3) is 0.480. The van der Waals surface area contributed by atoms with Crippen molar-refractivity contribution in [2.45, 2.75) is 19.4 Å². The zero-order valence-electron chi connectivity index (χ0n) is 20.4. The number of hydrazone groups is 1. The molecule has 1 aromatic heterocycles. The Kier molecular flexibility index (Phi) is 8.37. The minimum atomic E-state index is -0.363. The topological polar surface area (TPSA) is 83.9 Å². The molecule has 2 amide bonds. The Hall–Kier alpha value is -2.95. The van der Waals surface area contributed by atoms with E-state index in [1.807, 2.05) is 35.7 Å². The van der Waals surface area contributed by atoms with Crippen LogP contribution in [0, 0.1) is 0 Å².